The van der Waals surface area contributed by atoms with Crippen LogP contribution in [0.3, 0.4) is 0 Å². The number of carbonyl (C=O) groups excluding carboxylic acids is 2. The fourth-order valence-electron chi connectivity index (χ4n) is 4.57. The van der Waals surface area contributed by atoms with E-state index in [1.807, 2.05) is 29.7 Å². The molecule has 0 aliphatic carbocycles. The second-order valence-corrected chi connectivity index (χ2v) is 10.1. The molecular formula is C27H34ClN7O4. The maximum Gasteiger partial charge on any atom is 0.238 e. The van der Waals surface area contributed by atoms with Gasteiger partial charge in [-0.1, -0.05) is 25.4 Å². The fraction of sp³-hybridized carbons (Fsp3) is 0.444. The molecule has 1 aromatic carbocycles. The summed E-state index contributed by atoms with van der Waals surface area (Å²) in [6, 6.07) is 6.80. The Bertz CT molecular complexity index is 1290. The van der Waals surface area contributed by atoms with Crippen molar-refractivity contribution in [3.63, 3.8) is 0 Å². The molecule has 1 saturated heterocycles. The van der Waals surface area contributed by atoms with Crippen LogP contribution in [0, 0.1) is 5.92 Å². The first-order valence-electron chi connectivity index (χ1n) is 12.8. The summed E-state index contributed by atoms with van der Waals surface area (Å²) in [6.45, 7) is 5.73. The minimum atomic E-state index is -0.316. The molecule has 0 saturated carbocycles. The molecule has 3 aromatic rings. The highest BCUT2D eigenvalue weighted by molar-refractivity contribution is 6.29. The van der Waals surface area contributed by atoms with Crippen LogP contribution in [0.1, 0.15) is 32.3 Å². The molecule has 0 radical (unpaired) electrons. The van der Waals surface area contributed by atoms with Crippen molar-refractivity contribution in [1.82, 2.24) is 29.7 Å². The topological polar surface area (TPSA) is 115 Å². The van der Waals surface area contributed by atoms with Crippen molar-refractivity contribution in [2.45, 2.75) is 39.3 Å². The zero-order chi connectivity index (χ0) is 27.9. The van der Waals surface area contributed by atoms with Crippen LogP contribution in [0.4, 0.5) is 5.82 Å². The summed E-state index contributed by atoms with van der Waals surface area (Å²) in [5, 5.41) is 3.26. The first-order chi connectivity index (χ1) is 18.8. The smallest absolute Gasteiger partial charge is 0.238 e. The van der Waals surface area contributed by atoms with Crippen molar-refractivity contribution >= 4 is 29.2 Å². The summed E-state index contributed by atoms with van der Waals surface area (Å²) in [4.78, 5) is 43.0. The van der Waals surface area contributed by atoms with E-state index in [9.17, 15) is 9.59 Å². The number of piperazine rings is 1. The van der Waals surface area contributed by atoms with Crippen molar-refractivity contribution in [2.24, 2.45) is 5.92 Å². The van der Waals surface area contributed by atoms with Crippen molar-refractivity contribution in [3.8, 4) is 17.4 Å². The normalized spacial score (nSPS) is 15.4. The molecule has 12 heteroatoms. The first kappa shape index (κ1) is 28.2. The average molecular weight is 556 g/mol. The Morgan fingerprint density at radius 1 is 1.15 bits per heavy atom. The number of hydrogen-bond acceptors (Lipinski definition) is 8. The number of ether oxygens (including phenoxy) is 2. The Labute approximate surface area is 233 Å². The van der Waals surface area contributed by atoms with Gasteiger partial charge in [-0.05, 0) is 24.1 Å². The van der Waals surface area contributed by atoms with Crippen molar-refractivity contribution in [2.75, 3.05) is 38.8 Å². The highest BCUT2D eigenvalue weighted by atomic mass is 35.5. The molecule has 39 heavy (non-hydrogen) atoms. The fourth-order valence-corrected chi connectivity index (χ4v) is 4.74. The van der Waals surface area contributed by atoms with Gasteiger partial charge in [0.2, 0.25) is 17.8 Å². The number of hydrogen-bond donors (Lipinski definition) is 1. The van der Waals surface area contributed by atoms with Gasteiger partial charge in [0.1, 0.15) is 28.8 Å². The van der Waals surface area contributed by atoms with Crippen LogP contribution in [0.5, 0.6) is 11.5 Å². The van der Waals surface area contributed by atoms with Gasteiger partial charge in [-0.25, -0.2) is 9.97 Å². The van der Waals surface area contributed by atoms with Crippen molar-refractivity contribution < 1.29 is 19.1 Å². The molecule has 4 rings (SSSR count). The van der Waals surface area contributed by atoms with Gasteiger partial charge in [0, 0.05) is 63.0 Å². The molecule has 2 amide bonds. The molecule has 11 nitrogen and oxygen atoms in total. The summed E-state index contributed by atoms with van der Waals surface area (Å²) in [5.41, 5.74) is 0.798. The minimum absolute atomic E-state index is 0.0796. The molecule has 1 unspecified atom stereocenters. The molecule has 1 fully saturated rings. The minimum Gasteiger partial charge on any atom is -0.497 e. The molecule has 0 bridgehead atoms. The maximum absolute atomic E-state index is 13.2. The van der Waals surface area contributed by atoms with E-state index in [4.69, 9.17) is 26.1 Å². The Morgan fingerprint density at radius 2 is 1.97 bits per heavy atom. The number of rotatable bonds is 10. The molecule has 1 atom stereocenters. The number of anilines is 1. The summed E-state index contributed by atoms with van der Waals surface area (Å²) >= 11 is 6.37. The van der Waals surface area contributed by atoms with E-state index in [2.05, 4.69) is 15.3 Å². The van der Waals surface area contributed by atoms with E-state index >= 15 is 0 Å². The summed E-state index contributed by atoms with van der Waals surface area (Å²) in [5.74, 6) is 2.45. The second kappa shape index (κ2) is 12.8. The van der Waals surface area contributed by atoms with Crippen LogP contribution in [0.2, 0.25) is 5.15 Å². The molecule has 208 valence electrons. The van der Waals surface area contributed by atoms with Crippen LogP contribution in [0.25, 0.3) is 5.95 Å². The molecule has 3 heterocycles. The highest BCUT2D eigenvalue weighted by Gasteiger charge is 2.32. The van der Waals surface area contributed by atoms with Crippen LogP contribution >= 0.6 is 11.6 Å². The number of halogens is 1. The van der Waals surface area contributed by atoms with Gasteiger partial charge >= 0.3 is 0 Å². The summed E-state index contributed by atoms with van der Waals surface area (Å²) in [7, 11) is 3.17. The Morgan fingerprint density at radius 3 is 2.67 bits per heavy atom. The standard InChI is InChI=1S/C27H34ClN7O4/c1-18(2)11-26(37)33-9-10-35(24-14-23(28)31-27(32-24)34-8-7-29-17-34)20(16-33)13-25(36)30-15-19-12-21(38-3)5-6-22(19)39-4/h5-8,12,14,17-18,20H,9-11,13,15-16H2,1-4H3,(H,30,36). The zero-order valence-electron chi connectivity index (χ0n) is 22.6. The number of imidazole rings is 1. The van der Waals surface area contributed by atoms with Gasteiger partial charge in [0.15, 0.2) is 0 Å². The third kappa shape index (κ3) is 7.17. The van der Waals surface area contributed by atoms with E-state index in [1.165, 1.54) is 0 Å². The number of benzene rings is 1. The van der Waals surface area contributed by atoms with Gasteiger partial charge in [-0.3, -0.25) is 14.2 Å². The van der Waals surface area contributed by atoms with Crippen LogP contribution in [0.15, 0.2) is 43.0 Å². The van der Waals surface area contributed by atoms with Crippen LogP contribution < -0.4 is 19.7 Å². The molecular weight excluding hydrogens is 522 g/mol. The van der Waals surface area contributed by atoms with Gasteiger partial charge in [-0.2, -0.15) is 4.98 Å². The third-order valence-electron chi connectivity index (χ3n) is 6.50. The molecule has 1 N–H and O–H groups in total. The predicted molar refractivity (Wildman–Crippen MR) is 147 cm³/mol. The van der Waals surface area contributed by atoms with Gasteiger partial charge in [-0.15, -0.1) is 0 Å². The monoisotopic (exact) mass is 555 g/mol. The number of nitrogens with one attached hydrogen (secondary N) is 1. The lowest BCUT2D eigenvalue weighted by Crippen LogP contribution is -2.56. The van der Waals surface area contributed by atoms with Gasteiger partial charge < -0.3 is 24.6 Å². The zero-order valence-corrected chi connectivity index (χ0v) is 23.4. The van der Waals surface area contributed by atoms with E-state index in [0.29, 0.717) is 49.3 Å². The Balaban J connectivity index is 1.54. The number of methoxy groups -OCH3 is 2. The number of aromatic nitrogens is 4. The summed E-state index contributed by atoms with van der Waals surface area (Å²) < 4.78 is 12.4. The SMILES string of the molecule is COc1ccc(OC)c(CNC(=O)CC2CN(C(=O)CC(C)C)CCN2c2cc(Cl)nc(-n3ccnc3)n2)c1. The van der Waals surface area contributed by atoms with E-state index in [-0.39, 0.29) is 41.9 Å². The highest BCUT2D eigenvalue weighted by Crippen LogP contribution is 2.26. The van der Waals surface area contributed by atoms with Crippen molar-refractivity contribution in [3.05, 3.63) is 53.7 Å². The third-order valence-corrected chi connectivity index (χ3v) is 6.70. The number of amides is 2. The molecule has 0 spiro atoms. The number of nitrogens with zero attached hydrogens (tertiary/aromatic N) is 6. The lowest BCUT2D eigenvalue weighted by Gasteiger charge is -2.42. The Hall–Kier alpha value is -3.86. The lowest BCUT2D eigenvalue weighted by atomic mass is 10.0. The van der Waals surface area contributed by atoms with Gasteiger partial charge in [0.05, 0.1) is 20.3 Å². The lowest BCUT2D eigenvalue weighted by molar-refractivity contribution is -0.133. The molecule has 1 aliphatic heterocycles. The van der Waals surface area contributed by atoms with Crippen LogP contribution in [-0.2, 0) is 16.1 Å². The van der Waals surface area contributed by atoms with E-state index < -0.39 is 0 Å². The molecule has 1 aliphatic rings. The Kier molecular flexibility index (Phi) is 9.23. The summed E-state index contributed by atoms with van der Waals surface area (Å²) in [6.07, 6.45) is 5.57. The van der Waals surface area contributed by atoms with Crippen molar-refractivity contribution in [1.29, 1.82) is 0 Å². The largest absolute Gasteiger partial charge is 0.497 e. The number of carbonyl (C=O) groups is 2. The first-order valence-corrected chi connectivity index (χ1v) is 13.2. The molecule has 2 aromatic heterocycles. The van der Waals surface area contributed by atoms with Gasteiger partial charge in [0.25, 0.3) is 0 Å². The second-order valence-electron chi connectivity index (χ2n) is 9.76. The van der Waals surface area contributed by atoms with E-state index in [0.717, 1.165) is 5.56 Å². The maximum atomic E-state index is 13.2. The quantitative estimate of drug-likeness (QED) is 0.380. The van der Waals surface area contributed by atoms with E-state index in [1.54, 1.807) is 55.7 Å². The average Bonchev–Trinajstić information content (AvgIpc) is 3.46. The van der Waals surface area contributed by atoms with Crippen LogP contribution in [-0.4, -0.2) is 76.1 Å². The predicted octanol–water partition coefficient (Wildman–Crippen LogP) is 3.10.